The zero-order valence-electron chi connectivity index (χ0n) is 4.71. The van der Waals surface area contributed by atoms with E-state index in [4.69, 9.17) is 0 Å². The van der Waals surface area contributed by atoms with Crippen molar-refractivity contribution in [2.75, 3.05) is 5.43 Å². The van der Waals surface area contributed by atoms with E-state index in [0.717, 1.165) is 0 Å². The predicted octanol–water partition coefficient (Wildman–Crippen LogP) is -0.898. The summed E-state index contributed by atoms with van der Waals surface area (Å²) >= 11 is 1.23. The van der Waals surface area contributed by atoms with Gasteiger partial charge in [-0.25, -0.2) is 5.10 Å². The number of hydrogen-bond acceptors (Lipinski definition) is 6. The fourth-order valence-corrected chi connectivity index (χ4v) is 1.20. The molecule has 7 heteroatoms. The number of nitrogens with one attached hydrogen (secondary N) is 3. The van der Waals surface area contributed by atoms with Crippen molar-refractivity contribution < 1.29 is 0 Å². The van der Waals surface area contributed by atoms with Crippen molar-refractivity contribution in [3.05, 3.63) is 10.4 Å². The van der Waals surface area contributed by atoms with Crippen LogP contribution in [-0.2, 0) is 0 Å². The highest BCUT2D eigenvalue weighted by molar-refractivity contribution is 7.97. The van der Waals surface area contributed by atoms with Crippen LogP contribution in [0.5, 0.6) is 0 Å². The van der Waals surface area contributed by atoms with E-state index >= 15 is 0 Å². The third-order valence-corrected chi connectivity index (χ3v) is 1.74. The van der Waals surface area contributed by atoms with Gasteiger partial charge in [0.15, 0.2) is 10.7 Å². The van der Waals surface area contributed by atoms with E-state index in [-0.39, 0.29) is 5.56 Å². The smallest absolute Gasteiger partial charge is 0.293 e. The van der Waals surface area contributed by atoms with Gasteiger partial charge in [-0.15, -0.1) is 5.10 Å². The molecule has 0 saturated heterocycles. The van der Waals surface area contributed by atoms with Crippen LogP contribution in [-0.4, -0.2) is 15.4 Å². The van der Waals surface area contributed by atoms with Crippen molar-refractivity contribution in [2.45, 2.75) is 5.03 Å². The van der Waals surface area contributed by atoms with Gasteiger partial charge < -0.3 is 5.43 Å². The van der Waals surface area contributed by atoms with Crippen LogP contribution in [0.4, 0.5) is 5.69 Å². The Labute approximate surface area is 59.5 Å². The lowest BCUT2D eigenvalue weighted by Gasteiger charge is -1.89. The first-order chi connectivity index (χ1) is 4.88. The van der Waals surface area contributed by atoms with E-state index in [1.807, 2.05) is 0 Å². The second kappa shape index (κ2) is 1.96. The predicted molar refractivity (Wildman–Crippen MR) is 35.3 cm³/mol. The van der Waals surface area contributed by atoms with Gasteiger partial charge in [-0.3, -0.25) is 4.79 Å². The summed E-state index contributed by atoms with van der Waals surface area (Å²) in [5.74, 6) is 0. The molecule has 10 heavy (non-hydrogen) atoms. The SMILES string of the molecule is O=c1[nH]nnc2c1NNS2. The Bertz CT molecular complexity index is 308. The van der Waals surface area contributed by atoms with Crippen molar-refractivity contribution >= 4 is 17.6 Å². The zero-order chi connectivity index (χ0) is 6.97. The molecule has 0 spiro atoms. The molecule has 0 atom stereocenters. The number of anilines is 1. The van der Waals surface area contributed by atoms with Crippen LogP contribution in [0.2, 0.25) is 0 Å². The standard InChI is InChI=1S/C3H3N5OS/c9-2-1-3(6-7-5-2)10-8-4-1/h4,8H,(H,5,6,9). The maximum atomic E-state index is 10.8. The van der Waals surface area contributed by atoms with E-state index in [1.165, 1.54) is 11.9 Å². The normalized spacial score (nSPS) is 14.4. The molecule has 0 radical (unpaired) electrons. The summed E-state index contributed by atoms with van der Waals surface area (Å²) in [4.78, 5) is 13.5. The second-order valence-electron chi connectivity index (χ2n) is 1.65. The molecule has 1 aliphatic heterocycles. The van der Waals surface area contributed by atoms with Gasteiger partial charge in [0.05, 0.1) is 0 Å². The molecule has 1 aromatic heterocycles. The summed E-state index contributed by atoms with van der Waals surface area (Å²) in [7, 11) is 0. The fraction of sp³-hybridized carbons (Fsp3) is 0. The molecule has 52 valence electrons. The van der Waals surface area contributed by atoms with Gasteiger partial charge in [-0.1, -0.05) is 5.21 Å². The first-order valence-corrected chi connectivity index (χ1v) is 3.33. The summed E-state index contributed by atoms with van der Waals surface area (Å²) in [6.07, 6.45) is 0. The molecule has 2 rings (SSSR count). The summed E-state index contributed by atoms with van der Waals surface area (Å²) in [5, 5.41) is 9.79. The van der Waals surface area contributed by atoms with E-state index in [2.05, 4.69) is 25.7 Å². The molecule has 0 aromatic carbocycles. The molecule has 1 aromatic rings. The zero-order valence-corrected chi connectivity index (χ0v) is 5.53. The van der Waals surface area contributed by atoms with Crippen LogP contribution in [0.15, 0.2) is 9.82 Å². The monoisotopic (exact) mass is 157 g/mol. The maximum absolute atomic E-state index is 10.8. The number of nitrogens with zero attached hydrogens (tertiary/aromatic N) is 2. The quantitative estimate of drug-likeness (QED) is 0.423. The van der Waals surface area contributed by atoms with Gasteiger partial charge in [-0.2, -0.15) is 4.83 Å². The summed E-state index contributed by atoms with van der Waals surface area (Å²) in [6.45, 7) is 0. The highest BCUT2D eigenvalue weighted by Gasteiger charge is 2.15. The van der Waals surface area contributed by atoms with Gasteiger partial charge in [0.1, 0.15) is 0 Å². The molecular formula is C3H3N5OS. The number of rotatable bonds is 0. The van der Waals surface area contributed by atoms with Crippen molar-refractivity contribution in [2.24, 2.45) is 0 Å². The molecule has 0 saturated carbocycles. The molecule has 0 unspecified atom stereocenters. The number of H-pyrrole nitrogens is 1. The van der Waals surface area contributed by atoms with Crippen LogP contribution >= 0.6 is 11.9 Å². The number of fused-ring (bicyclic) bond motifs is 1. The Morgan fingerprint density at radius 3 is 3.20 bits per heavy atom. The van der Waals surface area contributed by atoms with Gasteiger partial charge in [0.2, 0.25) is 0 Å². The first kappa shape index (κ1) is 5.69. The Kier molecular flexibility index (Phi) is 1.11. The van der Waals surface area contributed by atoms with Gasteiger partial charge in [0, 0.05) is 11.9 Å². The van der Waals surface area contributed by atoms with E-state index in [1.54, 1.807) is 0 Å². The molecule has 1 aliphatic rings. The maximum Gasteiger partial charge on any atom is 0.293 e. The van der Waals surface area contributed by atoms with Gasteiger partial charge >= 0.3 is 0 Å². The Morgan fingerprint density at radius 1 is 1.50 bits per heavy atom. The van der Waals surface area contributed by atoms with Crippen LogP contribution in [0, 0.1) is 0 Å². The second-order valence-corrected chi connectivity index (χ2v) is 2.45. The summed E-state index contributed by atoms with van der Waals surface area (Å²) in [6, 6.07) is 0. The number of hydrazine groups is 1. The number of aromatic nitrogens is 3. The third-order valence-electron chi connectivity index (χ3n) is 1.06. The minimum Gasteiger partial charge on any atom is -0.304 e. The third kappa shape index (κ3) is 0.677. The lowest BCUT2D eigenvalue weighted by Crippen LogP contribution is -2.16. The molecule has 2 heterocycles. The summed E-state index contributed by atoms with van der Waals surface area (Å²) < 4.78 is 0. The highest BCUT2D eigenvalue weighted by Crippen LogP contribution is 2.21. The molecular weight excluding hydrogens is 154 g/mol. The minimum absolute atomic E-state index is 0.262. The molecule has 0 aliphatic carbocycles. The molecule has 0 fully saturated rings. The van der Waals surface area contributed by atoms with Crippen LogP contribution in [0.3, 0.4) is 0 Å². The number of hydrogen-bond donors (Lipinski definition) is 3. The molecule has 6 nitrogen and oxygen atoms in total. The minimum atomic E-state index is -0.262. The molecule has 3 N–H and O–H groups in total. The topological polar surface area (TPSA) is 82.7 Å². The largest absolute Gasteiger partial charge is 0.304 e. The Hall–Kier alpha value is -1.08. The Morgan fingerprint density at radius 2 is 2.40 bits per heavy atom. The van der Waals surface area contributed by atoms with Gasteiger partial charge in [0.25, 0.3) is 5.56 Å². The summed E-state index contributed by atoms with van der Waals surface area (Å²) in [5.41, 5.74) is 2.80. The van der Waals surface area contributed by atoms with Crippen LogP contribution in [0.1, 0.15) is 0 Å². The average molecular weight is 157 g/mol. The van der Waals surface area contributed by atoms with Crippen molar-refractivity contribution in [3.63, 3.8) is 0 Å². The lowest BCUT2D eigenvalue weighted by atomic mass is 10.6. The van der Waals surface area contributed by atoms with Crippen molar-refractivity contribution in [1.82, 2.24) is 20.2 Å². The van der Waals surface area contributed by atoms with E-state index in [0.29, 0.717) is 10.7 Å². The van der Waals surface area contributed by atoms with Crippen LogP contribution in [0.25, 0.3) is 0 Å². The first-order valence-electron chi connectivity index (χ1n) is 2.51. The van der Waals surface area contributed by atoms with Gasteiger partial charge in [-0.05, 0) is 0 Å². The highest BCUT2D eigenvalue weighted by atomic mass is 32.2. The fourth-order valence-electron chi connectivity index (χ4n) is 0.625. The van der Waals surface area contributed by atoms with Crippen molar-refractivity contribution in [3.8, 4) is 0 Å². The van der Waals surface area contributed by atoms with E-state index < -0.39 is 0 Å². The van der Waals surface area contributed by atoms with Crippen LogP contribution < -0.4 is 15.8 Å². The Balaban J connectivity index is 2.70. The average Bonchev–Trinajstić information content (AvgIpc) is 2.36. The number of aromatic amines is 1. The lowest BCUT2D eigenvalue weighted by molar-refractivity contribution is 0.791. The van der Waals surface area contributed by atoms with E-state index in [9.17, 15) is 4.79 Å². The molecule has 0 amide bonds. The molecule has 0 bridgehead atoms. The van der Waals surface area contributed by atoms with Crippen molar-refractivity contribution in [1.29, 1.82) is 0 Å².